The van der Waals surface area contributed by atoms with Gasteiger partial charge in [-0.3, -0.25) is 9.88 Å². The molecule has 2 aliphatic rings. The highest BCUT2D eigenvalue weighted by Crippen LogP contribution is 2.31. The van der Waals surface area contributed by atoms with Crippen molar-refractivity contribution in [3.8, 4) is 0 Å². The van der Waals surface area contributed by atoms with Crippen LogP contribution in [0.3, 0.4) is 0 Å². The number of aromatic nitrogens is 2. The van der Waals surface area contributed by atoms with Crippen LogP contribution < -0.4 is 4.90 Å². The fourth-order valence-electron chi connectivity index (χ4n) is 4.03. The fraction of sp³-hybridized carbons (Fsp3) is 0.444. The monoisotopic (exact) mass is 328 g/mol. The minimum absolute atomic E-state index is 0.476. The molecule has 0 N–H and O–H groups in total. The van der Waals surface area contributed by atoms with Gasteiger partial charge in [0.1, 0.15) is 11.0 Å². The maximum absolute atomic E-state index is 5.99. The van der Waals surface area contributed by atoms with Crippen LogP contribution in [-0.4, -0.2) is 41.0 Å². The van der Waals surface area contributed by atoms with Crippen LogP contribution >= 0.6 is 11.6 Å². The van der Waals surface area contributed by atoms with E-state index in [0.29, 0.717) is 17.0 Å². The Kier molecular flexibility index (Phi) is 4.19. The van der Waals surface area contributed by atoms with Crippen LogP contribution in [0.5, 0.6) is 0 Å². The van der Waals surface area contributed by atoms with Gasteiger partial charge in [-0.1, -0.05) is 41.9 Å². The third-order valence-corrected chi connectivity index (χ3v) is 5.00. The molecule has 0 saturated carbocycles. The molecule has 1 aromatic heterocycles. The van der Waals surface area contributed by atoms with Gasteiger partial charge in [0.15, 0.2) is 0 Å². The van der Waals surface area contributed by atoms with Crippen LogP contribution in [0, 0.1) is 11.8 Å². The summed E-state index contributed by atoms with van der Waals surface area (Å²) in [5, 5.41) is 0.476. The molecular formula is C18H21ClN4. The van der Waals surface area contributed by atoms with Crippen molar-refractivity contribution in [2.75, 3.05) is 31.1 Å². The van der Waals surface area contributed by atoms with Gasteiger partial charge < -0.3 is 4.90 Å². The Morgan fingerprint density at radius 2 is 1.74 bits per heavy atom. The average Bonchev–Trinajstić information content (AvgIpc) is 2.55. The van der Waals surface area contributed by atoms with Crippen LogP contribution in [0.4, 0.5) is 5.82 Å². The van der Waals surface area contributed by atoms with Gasteiger partial charge in [0.25, 0.3) is 0 Å². The Bertz CT molecular complexity index is 649. The van der Waals surface area contributed by atoms with Crippen LogP contribution in [0.15, 0.2) is 42.7 Å². The van der Waals surface area contributed by atoms with Crippen molar-refractivity contribution in [3.05, 3.63) is 53.4 Å². The molecule has 4 nitrogen and oxygen atoms in total. The number of piperidine rings is 2. The summed E-state index contributed by atoms with van der Waals surface area (Å²) in [6.45, 7) is 5.49. The van der Waals surface area contributed by atoms with Crippen molar-refractivity contribution < 1.29 is 0 Å². The second-order valence-electron chi connectivity index (χ2n) is 6.75. The van der Waals surface area contributed by atoms with Crippen LogP contribution in [-0.2, 0) is 6.54 Å². The molecule has 2 fully saturated rings. The average molecular weight is 329 g/mol. The summed E-state index contributed by atoms with van der Waals surface area (Å²) in [7, 11) is 0. The van der Waals surface area contributed by atoms with E-state index >= 15 is 0 Å². The fourth-order valence-corrected chi connectivity index (χ4v) is 4.17. The van der Waals surface area contributed by atoms with E-state index < -0.39 is 0 Å². The Morgan fingerprint density at radius 1 is 1.00 bits per heavy atom. The topological polar surface area (TPSA) is 32.3 Å². The van der Waals surface area contributed by atoms with Gasteiger partial charge in [-0.25, -0.2) is 4.98 Å². The number of benzene rings is 1. The zero-order valence-corrected chi connectivity index (χ0v) is 13.9. The zero-order chi connectivity index (χ0) is 15.6. The van der Waals surface area contributed by atoms with Crippen molar-refractivity contribution in [1.82, 2.24) is 14.9 Å². The standard InChI is InChI=1S/C18H21ClN4/c19-17-7-20-8-18(21-17)23-12-15-6-16(13-23)11-22(10-15)9-14-4-2-1-3-5-14/h1-5,7-8,15-16H,6,9-13H2. The lowest BCUT2D eigenvalue weighted by molar-refractivity contribution is 0.103. The van der Waals surface area contributed by atoms with Gasteiger partial charge >= 0.3 is 0 Å². The number of fused-ring (bicyclic) bond motifs is 2. The second kappa shape index (κ2) is 6.46. The maximum atomic E-state index is 5.99. The largest absolute Gasteiger partial charge is 0.355 e. The van der Waals surface area contributed by atoms with Crippen LogP contribution in [0.2, 0.25) is 5.15 Å². The molecule has 120 valence electrons. The summed E-state index contributed by atoms with van der Waals surface area (Å²) in [4.78, 5) is 13.6. The Morgan fingerprint density at radius 3 is 2.43 bits per heavy atom. The lowest BCUT2D eigenvalue weighted by Crippen LogP contribution is -2.52. The number of rotatable bonds is 3. The van der Waals surface area contributed by atoms with Gasteiger partial charge in [-0.05, 0) is 23.8 Å². The van der Waals surface area contributed by atoms with E-state index in [-0.39, 0.29) is 0 Å². The molecule has 2 saturated heterocycles. The lowest BCUT2D eigenvalue weighted by atomic mass is 9.84. The van der Waals surface area contributed by atoms with Crippen LogP contribution in [0.1, 0.15) is 12.0 Å². The van der Waals surface area contributed by atoms with E-state index in [1.807, 2.05) is 6.20 Å². The molecule has 5 heteroatoms. The number of nitrogens with zero attached hydrogens (tertiary/aromatic N) is 4. The molecular weight excluding hydrogens is 308 g/mol. The smallest absolute Gasteiger partial charge is 0.149 e. The molecule has 2 unspecified atom stereocenters. The van der Waals surface area contributed by atoms with Crippen molar-refractivity contribution in [3.63, 3.8) is 0 Å². The molecule has 1 aromatic carbocycles. The summed E-state index contributed by atoms with van der Waals surface area (Å²) in [5.74, 6) is 2.32. The lowest BCUT2D eigenvalue weighted by Gasteiger charge is -2.46. The number of hydrogen-bond acceptors (Lipinski definition) is 4. The predicted octanol–water partition coefficient (Wildman–Crippen LogP) is 3.09. The summed E-state index contributed by atoms with van der Waals surface area (Å²) in [5.41, 5.74) is 1.41. The molecule has 2 aromatic rings. The summed E-state index contributed by atoms with van der Waals surface area (Å²) in [6, 6.07) is 10.8. The van der Waals surface area contributed by atoms with Gasteiger partial charge in [0, 0.05) is 32.7 Å². The molecule has 0 aliphatic carbocycles. The van der Waals surface area contributed by atoms with E-state index in [0.717, 1.165) is 38.5 Å². The van der Waals surface area contributed by atoms with Crippen molar-refractivity contribution in [2.24, 2.45) is 11.8 Å². The van der Waals surface area contributed by atoms with Gasteiger partial charge in [-0.2, -0.15) is 0 Å². The molecule has 2 bridgehead atoms. The Hall–Kier alpha value is -1.65. The van der Waals surface area contributed by atoms with E-state index in [9.17, 15) is 0 Å². The molecule has 2 aliphatic heterocycles. The summed E-state index contributed by atoms with van der Waals surface area (Å²) < 4.78 is 0. The highest BCUT2D eigenvalue weighted by molar-refractivity contribution is 6.29. The maximum Gasteiger partial charge on any atom is 0.149 e. The number of halogens is 1. The van der Waals surface area contributed by atoms with E-state index in [2.05, 4.69) is 50.1 Å². The van der Waals surface area contributed by atoms with Gasteiger partial charge in [0.05, 0.1) is 12.4 Å². The molecule has 3 heterocycles. The summed E-state index contributed by atoms with van der Waals surface area (Å²) in [6.07, 6.45) is 4.75. The van der Waals surface area contributed by atoms with E-state index in [1.165, 1.54) is 12.0 Å². The zero-order valence-electron chi connectivity index (χ0n) is 13.1. The molecule has 0 spiro atoms. The van der Waals surface area contributed by atoms with Crippen molar-refractivity contribution in [1.29, 1.82) is 0 Å². The first-order valence-electron chi connectivity index (χ1n) is 8.25. The Labute approximate surface area is 142 Å². The quantitative estimate of drug-likeness (QED) is 0.866. The molecule has 23 heavy (non-hydrogen) atoms. The van der Waals surface area contributed by atoms with Crippen molar-refractivity contribution in [2.45, 2.75) is 13.0 Å². The minimum atomic E-state index is 0.476. The highest BCUT2D eigenvalue weighted by Gasteiger charge is 2.34. The first-order chi connectivity index (χ1) is 11.3. The third-order valence-electron chi connectivity index (χ3n) is 4.82. The van der Waals surface area contributed by atoms with E-state index in [4.69, 9.17) is 11.6 Å². The van der Waals surface area contributed by atoms with Gasteiger partial charge in [-0.15, -0.1) is 0 Å². The Balaban J connectivity index is 1.43. The number of likely N-dealkylation sites (tertiary alicyclic amines) is 1. The normalized spacial score (nSPS) is 24.7. The predicted molar refractivity (Wildman–Crippen MR) is 92.6 cm³/mol. The number of anilines is 1. The van der Waals surface area contributed by atoms with Crippen LogP contribution in [0.25, 0.3) is 0 Å². The second-order valence-corrected chi connectivity index (χ2v) is 7.14. The van der Waals surface area contributed by atoms with Gasteiger partial charge in [0.2, 0.25) is 0 Å². The first-order valence-corrected chi connectivity index (χ1v) is 8.63. The SMILES string of the molecule is Clc1cncc(N2CC3CC(CN(Cc4ccccc4)C3)C2)n1. The van der Waals surface area contributed by atoms with Crippen molar-refractivity contribution >= 4 is 17.4 Å². The summed E-state index contributed by atoms with van der Waals surface area (Å²) >= 11 is 5.99. The first kappa shape index (κ1) is 14.9. The number of hydrogen-bond donors (Lipinski definition) is 0. The third kappa shape index (κ3) is 3.48. The minimum Gasteiger partial charge on any atom is -0.355 e. The molecule has 0 radical (unpaired) electrons. The molecule has 0 amide bonds. The molecule has 4 rings (SSSR count). The molecule has 2 atom stereocenters. The van der Waals surface area contributed by atoms with E-state index in [1.54, 1.807) is 6.20 Å². The highest BCUT2D eigenvalue weighted by atomic mass is 35.5.